The average Bonchev–Trinajstić information content (AvgIpc) is 2.30. The number of benzene rings is 1. The number of nitrogen functional groups attached to an aromatic ring is 1. The van der Waals surface area contributed by atoms with Gasteiger partial charge in [0.1, 0.15) is 0 Å². The Hall–Kier alpha value is -1.71. The summed E-state index contributed by atoms with van der Waals surface area (Å²) >= 11 is 0. The lowest BCUT2D eigenvalue weighted by Crippen LogP contribution is -2.14. The molecule has 0 fully saturated rings. The van der Waals surface area contributed by atoms with Crippen LogP contribution in [0.5, 0.6) is 0 Å². The van der Waals surface area contributed by atoms with Crippen LogP contribution < -0.4 is 11.1 Å². The molecule has 4 nitrogen and oxygen atoms in total. The lowest BCUT2D eigenvalue weighted by Gasteiger charge is -2.19. The van der Waals surface area contributed by atoms with Crippen molar-refractivity contribution in [1.29, 1.82) is 0 Å². The summed E-state index contributed by atoms with van der Waals surface area (Å²) in [6.07, 6.45) is 1.02. The van der Waals surface area contributed by atoms with Crippen LogP contribution in [0.4, 0.5) is 11.4 Å². The third kappa shape index (κ3) is 5.20. The molecule has 0 atom stereocenters. The smallest absolute Gasteiger partial charge is 0.338 e. The van der Waals surface area contributed by atoms with Gasteiger partial charge in [0, 0.05) is 6.54 Å². The molecule has 0 amide bonds. The molecule has 3 N–H and O–H groups in total. The van der Waals surface area contributed by atoms with Gasteiger partial charge in [-0.1, -0.05) is 20.8 Å². The molecule has 0 aromatic heterocycles. The minimum Gasteiger partial charge on any atom is -0.462 e. The van der Waals surface area contributed by atoms with Crippen LogP contribution in [-0.2, 0) is 4.74 Å². The van der Waals surface area contributed by atoms with Crippen LogP contribution in [0.25, 0.3) is 0 Å². The molecule has 1 aromatic carbocycles. The highest BCUT2D eigenvalue weighted by molar-refractivity contribution is 5.92. The first-order valence-corrected chi connectivity index (χ1v) is 6.64. The van der Waals surface area contributed by atoms with E-state index in [4.69, 9.17) is 10.5 Å². The Labute approximate surface area is 115 Å². The molecule has 0 saturated heterocycles. The van der Waals surface area contributed by atoms with E-state index in [1.54, 1.807) is 25.1 Å². The number of hydrogen-bond donors (Lipinski definition) is 2. The second-order valence-corrected chi connectivity index (χ2v) is 5.76. The van der Waals surface area contributed by atoms with Gasteiger partial charge in [-0.05, 0) is 37.0 Å². The molecule has 106 valence electrons. The maximum atomic E-state index is 11.7. The van der Waals surface area contributed by atoms with E-state index in [1.807, 2.05) is 0 Å². The molecular formula is C15H24N2O2. The molecule has 1 aromatic rings. The third-order valence-corrected chi connectivity index (χ3v) is 2.75. The van der Waals surface area contributed by atoms with E-state index >= 15 is 0 Å². The summed E-state index contributed by atoms with van der Waals surface area (Å²) in [7, 11) is 0. The highest BCUT2D eigenvalue weighted by Crippen LogP contribution is 2.23. The standard InChI is InChI=1S/C15H24N2O2/c1-5-19-14(18)11-6-7-12(16)13(10-11)17-9-8-15(2,3)4/h6-7,10,17H,5,8-9,16H2,1-4H3. The van der Waals surface area contributed by atoms with Crippen LogP contribution in [0.15, 0.2) is 18.2 Å². The van der Waals surface area contributed by atoms with Crippen LogP contribution in [0.2, 0.25) is 0 Å². The van der Waals surface area contributed by atoms with E-state index in [1.165, 1.54) is 0 Å². The molecule has 0 saturated carbocycles. The summed E-state index contributed by atoms with van der Waals surface area (Å²) in [4.78, 5) is 11.7. The second kappa shape index (κ2) is 6.45. The van der Waals surface area contributed by atoms with Crippen LogP contribution in [0.3, 0.4) is 0 Å². The number of esters is 1. The lowest BCUT2D eigenvalue weighted by atomic mass is 9.92. The van der Waals surface area contributed by atoms with Crippen molar-refractivity contribution in [3.8, 4) is 0 Å². The van der Waals surface area contributed by atoms with Crippen molar-refractivity contribution in [2.45, 2.75) is 34.1 Å². The highest BCUT2D eigenvalue weighted by Gasteiger charge is 2.11. The predicted molar refractivity (Wildman–Crippen MR) is 79.4 cm³/mol. The maximum Gasteiger partial charge on any atom is 0.338 e. The average molecular weight is 264 g/mol. The molecule has 0 unspecified atom stereocenters. The normalized spacial score (nSPS) is 11.2. The van der Waals surface area contributed by atoms with Gasteiger partial charge in [0.2, 0.25) is 0 Å². The van der Waals surface area contributed by atoms with Crippen molar-refractivity contribution in [3.63, 3.8) is 0 Å². The second-order valence-electron chi connectivity index (χ2n) is 5.76. The number of hydrogen-bond acceptors (Lipinski definition) is 4. The van der Waals surface area contributed by atoms with Gasteiger partial charge in [0.25, 0.3) is 0 Å². The molecule has 4 heteroatoms. The lowest BCUT2D eigenvalue weighted by molar-refractivity contribution is 0.0526. The Bertz CT molecular complexity index is 436. The quantitative estimate of drug-likeness (QED) is 0.632. The van der Waals surface area contributed by atoms with Gasteiger partial charge < -0.3 is 15.8 Å². The summed E-state index contributed by atoms with van der Waals surface area (Å²) < 4.78 is 4.97. The summed E-state index contributed by atoms with van der Waals surface area (Å²) in [5.41, 5.74) is 8.11. The SMILES string of the molecule is CCOC(=O)c1ccc(N)c(NCCC(C)(C)C)c1. The largest absolute Gasteiger partial charge is 0.462 e. The van der Waals surface area contributed by atoms with Gasteiger partial charge in [0.05, 0.1) is 23.5 Å². The highest BCUT2D eigenvalue weighted by atomic mass is 16.5. The Balaban J connectivity index is 2.72. The summed E-state index contributed by atoms with van der Waals surface area (Å²) in [6, 6.07) is 5.16. The summed E-state index contributed by atoms with van der Waals surface area (Å²) in [5.74, 6) is -0.318. The van der Waals surface area contributed by atoms with E-state index in [2.05, 4.69) is 26.1 Å². The summed E-state index contributed by atoms with van der Waals surface area (Å²) in [6.45, 7) is 9.54. The molecule has 0 spiro atoms. The molecule has 0 aliphatic rings. The van der Waals surface area contributed by atoms with Gasteiger partial charge in [-0.2, -0.15) is 0 Å². The van der Waals surface area contributed by atoms with E-state index in [0.717, 1.165) is 18.7 Å². The monoisotopic (exact) mass is 264 g/mol. The molecule has 0 aliphatic heterocycles. The van der Waals surface area contributed by atoms with Crippen LogP contribution >= 0.6 is 0 Å². The number of nitrogens with two attached hydrogens (primary N) is 1. The van der Waals surface area contributed by atoms with Gasteiger partial charge in [0.15, 0.2) is 0 Å². The molecule has 0 aliphatic carbocycles. The fraction of sp³-hybridized carbons (Fsp3) is 0.533. The number of carbonyl (C=O) groups excluding carboxylic acids is 1. The van der Waals surface area contributed by atoms with Gasteiger partial charge in [-0.15, -0.1) is 0 Å². The minimum absolute atomic E-state index is 0.264. The molecule has 1 rings (SSSR count). The van der Waals surface area contributed by atoms with E-state index in [0.29, 0.717) is 17.9 Å². The van der Waals surface area contributed by atoms with Crippen LogP contribution in [0.1, 0.15) is 44.5 Å². The Morgan fingerprint density at radius 3 is 2.63 bits per heavy atom. The number of ether oxygens (including phenoxy) is 1. The van der Waals surface area contributed by atoms with Crippen molar-refractivity contribution in [2.75, 3.05) is 24.2 Å². The number of nitrogens with one attached hydrogen (secondary N) is 1. The van der Waals surface area contributed by atoms with E-state index in [-0.39, 0.29) is 11.4 Å². The molecular weight excluding hydrogens is 240 g/mol. The molecule has 0 radical (unpaired) electrons. The zero-order chi connectivity index (χ0) is 14.5. The van der Waals surface area contributed by atoms with Gasteiger partial charge >= 0.3 is 5.97 Å². The molecule has 0 heterocycles. The number of carbonyl (C=O) groups is 1. The van der Waals surface area contributed by atoms with E-state index in [9.17, 15) is 4.79 Å². The first kappa shape index (κ1) is 15.3. The van der Waals surface area contributed by atoms with Crippen molar-refractivity contribution in [3.05, 3.63) is 23.8 Å². The van der Waals surface area contributed by atoms with Crippen molar-refractivity contribution < 1.29 is 9.53 Å². The van der Waals surface area contributed by atoms with E-state index < -0.39 is 0 Å². The first-order chi connectivity index (χ1) is 8.83. The zero-order valence-corrected chi connectivity index (χ0v) is 12.2. The van der Waals surface area contributed by atoms with Gasteiger partial charge in [-0.25, -0.2) is 4.79 Å². The number of rotatable bonds is 5. The predicted octanol–water partition coefficient (Wildman–Crippen LogP) is 3.29. The molecule has 19 heavy (non-hydrogen) atoms. The molecule has 0 bridgehead atoms. The zero-order valence-electron chi connectivity index (χ0n) is 12.2. The topological polar surface area (TPSA) is 64.3 Å². The Morgan fingerprint density at radius 1 is 1.37 bits per heavy atom. The van der Waals surface area contributed by atoms with Crippen molar-refractivity contribution >= 4 is 17.3 Å². The fourth-order valence-corrected chi connectivity index (χ4v) is 1.62. The van der Waals surface area contributed by atoms with Crippen LogP contribution in [-0.4, -0.2) is 19.1 Å². The van der Waals surface area contributed by atoms with Gasteiger partial charge in [-0.3, -0.25) is 0 Å². The fourth-order valence-electron chi connectivity index (χ4n) is 1.62. The summed E-state index contributed by atoms with van der Waals surface area (Å²) in [5, 5.41) is 3.27. The van der Waals surface area contributed by atoms with Crippen molar-refractivity contribution in [2.24, 2.45) is 5.41 Å². The minimum atomic E-state index is -0.318. The Kier molecular flexibility index (Phi) is 5.21. The number of anilines is 2. The maximum absolute atomic E-state index is 11.7. The Morgan fingerprint density at radius 2 is 2.05 bits per heavy atom. The third-order valence-electron chi connectivity index (χ3n) is 2.75. The van der Waals surface area contributed by atoms with Crippen molar-refractivity contribution in [1.82, 2.24) is 0 Å². The first-order valence-electron chi connectivity index (χ1n) is 6.64. The van der Waals surface area contributed by atoms with Crippen LogP contribution in [0, 0.1) is 5.41 Å².